The van der Waals surface area contributed by atoms with Gasteiger partial charge in [0.15, 0.2) is 0 Å². The summed E-state index contributed by atoms with van der Waals surface area (Å²) in [6.45, 7) is 1.94. The number of amides is 1. The highest BCUT2D eigenvalue weighted by atomic mass is 35.5. The Morgan fingerprint density at radius 3 is 2.81 bits per heavy atom. The first-order valence-corrected chi connectivity index (χ1v) is 7.66. The van der Waals surface area contributed by atoms with Gasteiger partial charge < -0.3 is 5.32 Å². The molecule has 0 radical (unpaired) electrons. The van der Waals surface area contributed by atoms with Crippen LogP contribution < -0.4 is 10.6 Å². The quantitative estimate of drug-likeness (QED) is 0.831. The summed E-state index contributed by atoms with van der Waals surface area (Å²) in [4.78, 5) is 13.0. The molecule has 1 heterocycles. The van der Waals surface area contributed by atoms with E-state index in [9.17, 15) is 13.6 Å². The van der Waals surface area contributed by atoms with Gasteiger partial charge >= 0.3 is 0 Å². The van der Waals surface area contributed by atoms with Gasteiger partial charge in [-0.2, -0.15) is 0 Å². The van der Waals surface area contributed by atoms with Crippen molar-refractivity contribution in [3.8, 4) is 0 Å². The van der Waals surface area contributed by atoms with Crippen LogP contribution in [0, 0.1) is 6.92 Å². The summed E-state index contributed by atoms with van der Waals surface area (Å²) < 4.78 is 26.1. The zero-order valence-corrected chi connectivity index (χ0v) is 13.5. The van der Waals surface area contributed by atoms with Crippen molar-refractivity contribution in [2.24, 2.45) is 0 Å². The number of nitrogens with one attached hydrogen (secondary N) is 2. The second-order valence-electron chi connectivity index (χ2n) is 5.03. The van der Waals surface area contributed by atoms with Crippen LogP contribution in [0.3, 0.4) is 0 Å². The molecule has 0 spiro atoms. The van der Waals surface area contributed by atoms with E-state index in [0.717, 1.165) is 16.0 Å². The molecular weight excluding hydrogens is 318 g/mol. The molecule has 0 bridgehead atoms. The minimum atomic E-state index is -2.78. The molecule has 0 saturated carbocycles. The lowest BCUT2D eigenvalue weighted by molar-refractivity contribution is -0.123. The van der Waals surface area contributed by atoms with Crippen molar-refractivity contribution in [3.05, 3.63) is 29.3 Å². The van der Waals surface area contributed by atoms with Crippen molar-refractivity contribution in [1.29, 1.82) is 0 Å². The van der Waals surface area contributed by atoms with E-state index in [1.165, 1.54) is 0 Å². The number of halogens is 3. The summed E-state index contributed by atoms with van der Waals surface area (Å²) in [7, 11) is 0. The largest absolute Gasteiger partial charge is 0.351 e. The third-order valence-corrected chi connectivity index (χ3v) is 4.14. The maximum Gasteiger partial charge on any atom is 0.262 e. The number of hydrogen-bond donors (Lipinski definition) is 2. The molecule has 1 aromatic rings. The molecule has 1 unspecified atom stereocenters. The number of alkyl halides is 2. The van der Waals surface area contributed by atoms with Crippen LogP contribution in [0.4, 0.5) is 8.78 Å². The zero-order chi connectivity index (χ0) is 14.8. The van der Waals surface area contributed by atoms with Crippen LogP contribution in [0.5, 0.6) is 0 Å². The molecule has 1 aliphatic heterocycles. The lowest BCUT2D eigenvalue weighted by atomic mass is 10.1. The fourth-order valence-corrected chi connectivity index (χ4v) is 2.91. The summed E-state index contributed by atoms with van der Waals surface area (Å²) in [5.41, 5.74) is 2.16. The van der Waals surface area contributed by atoms with Crippen LogP contribution >= 0.6 is 24.2 Å². The van der Waals surface area contributed by atoms with E-state index in [1.54, 1.807) is 11.8 Å². The van der Waals surface area contributed by atoms with E-state index in [4.69, 9.17) is 0 Å². The van der Waals surface area contributed by atoms with Crippen molar-refractivity contribution < 1.29 is 13.6 Å². The molecule has 1 aliphatic rings. The fraction of sp³-hybridized carbons (Fsp3) is 0.500. The number of hydrogen-bond acceptors (Lipinski definition) is 3. The Labute approximate surface area is 133 Å². The summed E-state index contributed by atoms with van der Waals surface area (Å²) in [5, 5.41) is 5.28. The van der Waals surface area contributed by atoms with E-state index in [-0.39, 0.29) is 18.3 Å². The second kappa shape index (κ2) is 7.42. The zero-order valence-electron chi connectivity index (χ0n) is 11.9. The molecule has 1 fully saturated rings. The molecular formula is C14H19ClF2N2OS. The number of aryl methyl sites for hydroxylation is 1. The third-order valence-electron chi connectivity index (χ3n) is 3.32. The summed E-state index contributed by atoms with van der Waals surface area (Å²) in [6.07, 6.45) is 1.54. The molecule has 1 atom stereocenters. The summed E-state index contributed by atoms with van der Waals surface area (Å²) in [6, 6.07) is 5.18. The first-order chi connectivity index (χ1) is 9.41. The molecule has 1 saturated heterocycles. The Morgan fingerprint density at radius 2 is 2.24 bits per heavy atom. The van der Waals surface area contributed by atoms with Crippen molar-refractivity contribution in [1.82, 2.24) is 10.6 Å². The Balaban J connectivity index is 0.00000220. The first kappa shape index (κ1) is 18.2. The average Bonchev–Trinajstić information content (AvgIpc) is 2.77. The predicted octanol–water partition coefficient (Wildman–Crippen LogP) is 2.75. The van der Waals surface area contributed by atoms with E-state index in [0.29, 0.717) is 6.54 Å². The van der Waals surface area contributed by atoms with Crippen LogP contribution in [0.15, 0.2) is 23.1 Å². The molecule has 7 heteroatoms. The topological polar surface area (TPSA) is 41.1 Å². The van der Waals surface area contributed by atoms with Gasteiger partial charge in [0.05, 0.1) is 12.6 Å². The smallest absolute Gasteiger partial charge is 0.262 e. The molecule has 118 valence electrons. The normalized spacial score (nSPS) is 19.9. The molecule has 1 amide bonds. The lowest BCUT2D eigenvalue weighted by Crippen LogP contribution is -2.40. The van der Waals surface area contributed by atoms with Crippen LogP contribution in [-0.4, -0.2) is 30.7 Å². The average molecular weight is 337 g/mol. The third kappa shape index (κ3) is 4.83. The number of carbonyl (C=O) groups is 1. The number of benzene rings is 1. The second-order valence-corrected chi connectivity index (χ2v) is 5.87. The molecule has 0 aliphatic carbocycles. The highest BCUT2D eigenvalue weighted by Crippen LogP contribution is 2.25. The van der Waals surface area contributed by atoms with Gasteiger partial charge in [-0.15, -0.1) is 24.2 Å². The number of carbonyl (C=O) groups excluding carboxylic acids is 1. The van der Waals surface area contributed by atoms with Crippen molar-refractivity contribution >= 4 is 30.1 Å². The minimum Gasteiger partial charge on any atom is -0.351 e. The van der Waals surface area contributed by atoms with Gasteiger partial charge in [-0.25, -0.2) is 8.78 Å². The SMILES string of the molecule is CSc1cc(C)ccc1CNC(=O)C1CC(F)(F)CN1.Cl. The number of rotatable bonds is 4. The lowest BCUT2D eigenvalue weighted by Gasteiger charge is -2.13. The predicted molar refractivity (Wildman–Crippen MR) is 83.4 cm³/mol. The minimum absolute atomic E-state index is 0. The van der Waals surface area contributed by atoms with Gasteiger partial charge in [0, 0.05) is 17.9 Å². The molecule has 3 nitrogen and oxygen atoms in total. The van der Waals surface area contributed by atoms with Crippen LogP contribution in [0.1, 0.15) is 17.5 Å². The fourth-order valence-electron chi connectivity index (χ4n) is 2.20. The maximum absolute atomic E-state index is 13.0. The molecule has 2 N–H and O–H groups in total. The van der Waals surface area contributed by atoms with E-state index >= 15 is 0 Å². The molecule has 21 heavy (non-hydrogen) atoms. The first-order valence-electron chi connectivity index (χ1n) is 6.44. The van der Waals surface area contributed by atoms with E-state index < -0.39 is 24.9 Å². The highest BCUT2D eigenvalue weighted by molar-refractivity contribution is 7.98. The maximum atomic E-state index is 13.0. The summed E-state index contributed by atoms with van der Waals surface area (Å²) >= 11 is 1.61. The Bertz CT molecular complexity index is 514. The number of thioether (sulfide) groups is 1. The van der Waals surface area contributed by atoms with Crippen LogP contribution in [-0.2, 0) is 11.3 Å². The Kier molecular flexibility index (Phi) is 6.43. The monoisotopic (exact) mass is 336 g/mol. The summed E-state index contributed by atoms with van der Waals surface area (Å²) in [5.74, 6) is -3.15. The highest BCUT2D eigenvalue weighted by Gasteiger charge is 2.42. The van der Waals surface area contributed by atoms with Gasteiger partial charge in [0.2, 0.25) is 5.91 Å². The molecule has 1 aromatic carbocycles. The van der Waals surface area contributed by atoms with E-state index in [2.05, 4.69) is 10.6 Å². The Hall–Kier alpha value is -0.850. The standard InChI is InChI=1S/C14H18F2N2OS.ClH/c1-9-3-4-10(12(5-9)20-2)7-17-13(19)11-6-14(15,16)8-18-11;/h3-5,11,18H,6-8H2,1-2H3,(H,17,19);1H. The van der Waals surface area contributed by atoms with Crippen LogP contribution in [0.2, 0.25) is 0 Å². The van der Waals surface area contributed by atoms with Crippen molar-refractivity contribution in [2.75, 3.05) is 12.8 Å². The molecule has 2 rings (SSSR count). The molecule has 0 aromatic heterocycles. The van der Waals surface area contributed by atoms with Crippen LogP contribution in [0.25, 0.3) is 0 Å². The van der Waals surface area contributed by atoms with Crippen molar-refractivity contribution in [2.45, 2.75) is 36.7 Å². The van der Waals surface area contributed by atoms with Gasteiger partial charge in [-0.05, 0) is 30.4 Å². The van der Waals surface area contributed by atoms with Crippen molar-refractivity contribution in [3.63, 3.8) is 0 Å². The van der Waals surface area contributed by atoms with Gasteiger partial charge in [0.25, 0.3) is 5.92 Å². The Morgan fingerprint density at radius 1 is 1.52 bits per heavy atom. The van der Waals surface area contributed by atoms with Gasteiger partial charge in [-0.1, -0.05) is 12.1 Å². The van der Waals surface area contributed by atoms with Gasteiger partial charge in [0.1, 0.15) is 0 Å². The van der Waals surface area contributed by atoms with E-state index in [1.807, 2.05) is 31.4 Å². The van der Waals surface area contributed by atoms with Gasteiger partial charge in [-0.3, -0.25) is 10.1 Å².